The zero-order valence-corrected chi connectivity index (χ0v) is 37.9. The number of fused-ring (bicyclic) bond motifs is 2. The van der Waals surface area contributed by atoms with E-state index in [-0.39, 0.29) is 45.6 Å². The van der Waals surface area contributed by atoms with Gasteiger partial charge in [0.05, 0.1) is 69.4 Å². The Bertz CT molecular complexity index is 3410. The number of nitrogens with one attached hydrogen (secondary N) is 1. The number of nitrogens with two attached hydrogens (primary N) is 1. The molecule has 0 saturated heterocycles. The van der Waals surface area contributed by atoms with Crippen molar-refractivity contribution in [1.82, 2.24) is 27.9 Å². The molecule has 4 aromatic carbocycles. The Morgan fingerprint density at radius 3 is 1.64 bits per heavy atom. The second-order valence-corrected chi connectivity index (χ2v) is 18.3. The topological polar surface area (TPSA) is 272 Å². The molecule has 25 heteroatoms. The van der Waals surface area contributed by atoms with Crippen LogP contribution in [0.4, 0.5) is 37.5 Å². The lowest BCUT2D eigenvalue weighted by Crippen LogP contribution is -2.13. The van der Waals surface area contributed by atoms with Gasteiger partial charge in [0.25, 0.3) is 0 Å². The largest absolute Gasteiger partial charge is 0.494 e. The average molecular weight is 979 g/mol. The third-order valence-electron chi connectivity index (χ3n) is 9.73. The van der Waals surface area contributed by atoms with Crippen LogP contribution in [0.2, 0.25) is 5.28 Å². The van der Waals surface area contributed by atoms with Crippen molar-refractivity contribution in [2.75, 3.05) is 36.8 Å². The highest BCUT2D eigenvalue weighted by atomic mass is 35.5. The summed E-state index contributed by atoms with van der Waals surface area (Å²) >= 11 is 5.82. The fourth-order valence-corrected chi connectivity index (χ4v) is 8.60. The van der Waals surface area contributed by atoms with E-state index in [2.05, 4.69) is 30.0 Å². The first-order chi connectivity index (χ1) is 31.8. The van der Waals surface area contributed by atoms with E-state index in [1.165, 1.54) is 34.6 Å². The molecule has 3 N–H and O–H groups in total. The SMILES string of the molecule is CCS(=O)(=O)n1cc(-c2ccnc(Cl)n2)c2ccccc21.CCS(=O)(=O)n1cc(-c2ccnc(Nc3cc([N+](=O)[O-])c(F)cc3OC)n2)c2ccccc21.COc1cc(F)c([N+](=O)[O-])cc1N. The first-order valence-electron chi connectivity index (χ1n) is 19.4. The van der Waals surface area contributed by atoms with Crippen molar-refractivity contribution in [2.45, 2.75) is 13.8 Å². The first kappa shape index (κ1) is 48.6. The molecule has 20 nitrogen and oxygen atoms in total. The van der Waals surface area contributed by atoms with Crippen LogP contribution in [0.1, 0.15) is 13.8 Å². The number of para-hydroxylation sites is 2. The van der Waals surface area contributed by atoms with Crippen molar-refractivity contribution in [3.8, 4) is 34.0 Å². The molecule has 4 aromatic heterocycles. The van der Waals surface area contributed by atoms with Gasteiger partial charge in [0.2, 0.25) is 42.9 Å². The lowest BCUT2D eigenvalue weighted by Gasteiger charge is -2.11. The zero-order chi connectivity index (χ0) is 48.8. The molecule has 0 saturated carbocycles. The molecule has 8 aromatic rings. The van der Waals surface area contributed by atoms with Crippen molar-refractivity contribution >= 4 is 82.2 Å². The zero-order valence-electron chi connectivity index (χ0n) is 35.5. The van der Waals surface area contributed by atoms with Crippen molar-refractivity contribution < 1.29 is 44.9 Å². The predicted molar refractivity (Wildman–Crippen MR) is 248 cm³/mol. The van der Waals surface area contributed by atoms with Gasteiger partial charge in [-0.2, -0.15) is 8.78 Å². The average Bonchev–Trinajstić information content (AvgIpc) is 3.91. The van der Waals surface area contributed by atoms with Gasteiger partial charge in [-0.1, -0.05) is 36.4 Å². The number of anilines is 3. The highest BCUT2D eigenvalue weighted by molar-refractivity contribution is 7.90. The molecule has 0 bridgehead atoms. The molecule has 0 fully saturated rings. The number of benzene rings is 4. The third kappa shape index (κ3) is 10.5. The van der Waals surface area contributed by atoms with Crippen LogP contribution in [0, 0.1) is 31.9 Å². The summed E-state index contributed by atoms with van der Waals surface area (Å²) in [6, 6.07) is 21.3. The van der Waals surface area contributed by atoms with E-state index >= 15 is 0 Å². The van der Waals surface area contributed by atoms with Crippen LogP contribution in [-0.2, 0) is 20.0 Å². The van der Waals surface area contributed by atoms with E-state index in [9.17, 15) is 45.8 Å². The summed E-state index contributed by atoms with van der Waals surface area (Å²) in [7, 11) is -4.34. The van der Waals surface area contributed by atoms with Crippen LogP contribution in [0.15, 0.2) is 110 Å². The molecule has 0 unspecified atom stereocenters. The highest BCUT2D eigenvalue weighted by Crippen LogP contribution is 2.36. The van der Waals surface area contributed by atoms with Gasteiger partial charge in [0.15, 0.2) is 0 Å². The van der Waals surface area contributed by atoms with Crippen molar-refractivity contribution in [3.05, 3.63) is 147 Å². The molecule has 0 radical (unpaired) electrons. The van der Waals surface area contributed by atoms with Gasteiger partial charge in [0.1, 0.15) is 11.5 Å². The molecule has 0 amide bonds. The number of methoxy groups -OCH3 is 2. The Balaban J connectivity index is 0.000000185. The summed E-state index contributed by atoms with van der Waals surface area (Å²) < 4.78 is 88.7. The van der Waals surface area contributed by atoms with Crippen LogP contribution in [0.25, 0.3) is 44.3 Å². The van der Waals surface area contributed by atoms with E-state index in [1.807, 2.05) is 12.1 Å². The van der Waals surface area contributed by atoms with Gasteiger partial charge in [-0.05, 0) is 49.7 Å². The summed E-state index contributed by atoms with van der Waals surface area (Å²) in [6.07, 6.45) is 6.09. The molecule has 0 atom stereocenters. The summed E-state index contributed by atoms with van der Waals surface area (Å²) in [4.78, 5) is 36.2. The lowest BCUT2D eigenvalue weighted by molar-refractivity contribution is -0.387. The minimum absolute atomic E-state index is 0.0235. The molecule has 0 aliphatic heterocycles. The smallest absolute Gasteiger partial charge is 0.307 e. The van der Waals surface area contributed by atoms with E-state index in [0.717, 1.165) is 29.7 Å². The van der Waals surface area contributed by atoms with E-state index in [1.54, 1.807) is 74.8 Å². The van der Waals surface area contributed by atoms with Crippen LogP contribution in [0.3, 0.4) is 0 Å². The van der Waals surface area contributed by atoms with Gasteiger partial charge in [-0.25, -0.2) is 44.7 Å². The number of nitrogens with zero attached hydrogens (tertiary/aromatic N) is 8. The van der Waals surface area contributed by atoms with Crippen LogP contribution in [0.5, 0.6) is 11.5 Å². The number of hydrogen-bond acceptors (Lipinski definition) is 16. The summed E-state index contributed by atoms with van der Waals surface area (Å²) in [5.74, 6) is -1.89. The minimum atomic E-state index is -3.55. The molecule has 8 rings (SSSR count). The molecule has 348 valence electrons. The number of nitrogen functional groups attached to an aromatic ring is 1. The number of nitro groups is 2. The number of halogens is 3. The molecule has 67 heavy (non-hydrogen) atoms. The van der Waals surface area contributed by atoms with Crippen molar-refractivity contribution in [2.24, 2.45) is 0 Å². The number of hydrogen-bond donors (Lipinski definition) is 2. The predicted octanol–water partition coefficient (Wildman–Crippen LogP) is 8.37. The second kappa shape index (κ2) is 20.1. The summed E-state index contributed by atoms with van der Waals surface area (Å²) in [5, 5.41) is 25.8. The lowest BCUT2D eigenvalue weighted by atomic mass is 10.1. The molecule has 4 heterocycles. The van der Waals surface area contributed by atoms with E-state index < -0.39 is 52.9 Å². The van der Waals surface area contributed by atoms with Gasteiger partial charge in [-0.15, -0.1) is 0 Å². The maximum atomic E-state index is 13.9. The molecule has 0 aliphatic rings. The third-order valence-corrected chi connectivity index (χ3v) is 13.2. The van der Waals surface area contributed by atoms with Crippen molar-refractivity contribution in [1.29, 1.82) is 0 Å². The number of ether oxygens (including phenoxy) is 2. The van der Waals surface area contributed by atoms with Crippen LogP contribution < -0.4 is 20.5 Å². The molecule has 0 spiro atoms. The normalized spacial score (nSPS) is 11.3. The van der Waals surface area contributed by atoms with Crippen molar-refractivity contribution in [3.63, 3.8) is 0 Å². The molecule has 0 aliphatic carbocycles. The van der Waals surface area contributed by atoms with Crippen LogP contribution >= 0.6 is 11.6 Å². The number of rotatable bonds is 12. The quantitative estimate of drug-likeness (QED) is 0.0503. The highest BCUT2D eigenvalue weighted by Gasteiger charge is 2.23. The van der Waals surface area contributed by atoms with Gasteiger partial charge in [0, 0.05) is 71.0 Å². The monoisotopic (exact) mass is 978 g/mol. The Morgan fingerprint density at radius 1 is 0.701 bits per heavy atom. The Hall–Kier alpha value is -7.83. The van der Waals surface area contributed by atoms with E-state index in [4.69, 9.17) is 22.1 Å². The first-order valence-corrected chi connectivity index (χ1v) is 23.0. The van der Waals surface area contributed by atoms with Gasteiger partial charge < -0.3 is 20.5 Å². The molecular formula is C42H37ClF2N10O10S2. The van der Waals surface area contributed by atoms with Gasteiger partial charge in [-0.3, -0.25) is 20.2 Å². The summed E-state index contributed by atoms with van der Waals surface area (Å²) in [5.41, 5.74) is 7.52. The number of nitro benzene ring substituents is 2. The Kier molecular flexibility index (Phi) is 14.6. The van der Waals surface area contributed by atoms with Crippen LogP contribution in [-0.4, -0.2) is 80.3 Å². The Morgan fingerprint density at radius 2 is 1.16 bits per heavy atom. The fourth-order valence-electron chi connectivity index (χ4n) is 6.45. The maximum Gasteiger partial charge on any atom is 0.307 e. The molecular weight excluding hydrogens is 942 g/mol. The summed E-state index contributed by atoms with van der Waals surface area (Å²) in [6.45, 7) is 3.18. The van der Waals surface area contributed by atoms with Gasteiger partial charge >= 0.3 is 11.4 Å². The maximum absolute atomic E-state index is 13.9. The second-order valence-electron chi connectivity index (χ2n) is 13.7. The van der Waals surface area contributed by atoms with E-state index in [0.29, 0.717) is 38.9 Å². The standard InChI is InChI=1S/C21H18FN5O5S.C14H12ClN3O2S.C7H7FN2O3/c1-3-33(30,31)26-12-14(13-6-4-5-7-18(13)26)16-8-9-23-21(24-16)25-17-11-19(27(28)29)15(22)10-20(17)32-2;1-2-21(19,20)18-9-11(10-5-3-4-6-13(10)18)12-7-8-16-14(15)17-12;1-13-7-2-4(8)6(10(11)12)3-5(7)9/h4-12H,3H2,1-2H3,(H,23,24,25);3-9H,2H2,1H3;2-3H,9H2,1H3. The minimum Gasteiger partial charge on any atom is -0.494 e. The Labute approximate surface area is 385 Å². The number of aromatic nitrogens is 6. The fraction of sp³-hybridized carbons (Fsp3) is 0.143.